The maximum Gasteiger partial charge on any atom is 0.272 e. The van der Waals surface area contributed by atoms with Crippen molar-refractivity contribution in [1.29, 1.82) is 0 Å². The van der Waals surface area contributed by atoms with Gasteiger partial charge in [0.2, 0.25) is 0 Å². The Morgan fingerprint density at radius 3 is 2.91 bits per heavy atom. The third-order valence-corrected chi connectivity index (χ3v) is 4.53. The Bertz CT molecular complexity index is 860. The van der Waals surface area contributed by atoms with Gasteiger partial charge in [-0.25, -0.2) is 9.50 Å². The van der Waals surface area contributed by atoms with E-state index >= 15 is 0 Å². The topological polar surface area (TPSA) is 62.2 Å². The highest BCUT2D eigenvalue weighted by Gasteiger charge is 2.16. The lowest BCUT2D eigenvalue weighted by molar-refractivity contribution is 0.373. The van der Waals surface area contributed by atoms with Crippen LogP contribution in [0.4, 0.5) is 0 Å². The average molecular weight is 308 g/mol. The van der Waals surface area contributed by atoms with E-state index in [4.69, 9.17) is 4.98 Å². The number of piperidine rings is 1. The van der Waals surface area contributed by atoms with Gasteiger partial charge in [0.15, 0.2) is 5.65 Å². The standard InChI is InChI=1S/C18H20N4O/c23-17-10-15(9-13-5-4-8-19-11-13)21-18-16(12-20-22(17)18)14-6-2-1-3-7-14/h1-3,6-7,10,12-13,19-20H,4-5,8-9,11H2. The van der Waals surface area contributed by atoms with Crippen LogP contribution >= 0.6 is 0 Å². The molecular formula is C18H20N4O. The maximum absolute atomic E-state index is 12.4. The number of fused-ring (bicyclic) bond motifs is 1. The van der Waals surface area contributed by atoms with Crippen molar-refractivity contribution < 1.29 is 0 Å². The van der Waals surface area contributed by atoms with Gasteiger partial charge in [-0.05, 0) is 43.8 Å². The molecule has 4 rings (SSSR count). The molecule has 23 heavy (non-hydrogen) atoms. The Kier molecular flexibility index (Phi) is 3.71. The molecule has 118 valence electrons. The van der Waals surface area contributed by atoms with E-state index in [1.807, 2.05) is 36.5 Å². The molecule has 1 fully saturated rings. The molecule has 1 saturated heterocycles. The Labute approximate surface area is 134 Å². The van der Waals surface area contributed by atoms with Crippen LogP contribution in [0, 0.1) is 5.92 Å². The smallest absolute Gasteiger partial charge is 0.272 e. The van der Waals surface area contributed by atoms with Crippen molar-refractivity contribution in [3.63, 3.8) is 0 Å². The molecule has 0 amide bonds. The van der Waals surface area contributed by atoms with Gasteiger partial charge in [0.25, 0.3) is 5.56 Å². The second-order valence-electron chi connectivity index (χ2n) is 6.21. The van der Waals surface area contributed by atoms with E-state index in [0.717, 1.165) is 36.3 Å². The summed E-state index contributed by atoms with van der Waals surface area (Å²) in [4.78, 5) is 17.1. The van der Waals surface area contributed by atoms with Crippen molar-refractivity contribution >= 4 is 5.65 Å². The molecule has 5 nitrogen and oxygen atoms in total. The molecule has 3 aromatic rings. The number of hydrogen-bond acceptors (Lipinski definition) is 3. The van der Waals surface area contributed by atoms with Crippen LogP contribution in [0.1, 0.15) is 18.5 Å². The number of nitrogens with one attached hydrogen (secondary N) is 2. The van der Waals surface area contributed by atoms with E-state index in [1.54, 1.807) is 6.07 Å². The molecule has 0 spiro atoms. The van der Waals surface area contributed by atoms with Gasteiger partial charge in [0.1, 0.15) is 0 Å². The van der Waals surface area contributed by atoms with Crippen molar-refractivity contribution in [2.24, 2.45) is 5.92 Å². The first kappa shape index (κ1) is 14.2. The minimum Gasteiger partial charge on any atom is -0.316 e. The van der Waals surface area contributed by atoms with Gasteiger partial charge in [-0.15, -0.1) is 0 Å². The monoisotopic (exact) mass is 308 g/mol. The van der Waals surface area contributed by atoms with E-state index in [1.165, 1.54) is 17.4 Å². The van der Waals surface area contributed by atoms with E-state index in [2.05, 4.69) is 10.4 Å². The van der Waals surface area contributed by atoms with Crippen molar-refractivity contribution in [3.05, 3.63) is 58.6 Å². The predicted molar refractivity (Wildman–Crippen MR) is 90.5 cm³/mol. The minimum absolute atomic E-state index is 0.0454. The van der Waals surface area contributed by atoms with Crippen LogP contribution in [0.2, 0.25) is 0 Å². The largest absolute Gasteiger partial charge is 0.316 e. The molecule has 1 aliphatic rings. The highest BCUT2D eigenvalue weighted by atomic mass is 16.1. The van der Waals surface area contributed by atoms with E-state index in [0.29, 0.717) is 11.6 Å². The highest BCUT2D eigenvalue weighted by Crippen LogP contribution is 2.23. The van der Waals surface area contributed by atoms with Crippen molar-refractivity contribution in [3.8, 4) is 11.1 Å². The van der Waals surface area contributed by atoms with Gasteiger partial charge < -0.3 is 5.32 Å². The SMILES string of the molecule is O=c1cc(CC2CCCNC2)nc2c(-c3ccccc3)c[nH]n12. The lowest BCUT2D eigenvalue weighted by Crippen LogP contribution is -2.31. The quantitative estimate of drug-likeness (QED) is 0.780. The number of aromatic nitrogens is 3. The minimum atomic E-state index is -0.0454. The molecule has 1 aromatic carbocycles. The van der Waals surface area contributed by atoms with E-state index in [-0.39, 0.29) is 5.56 Å². The van der Waals surface area contributed by atoms with Crippen LogP contribution in [-0.4, -0.2) is 27.7 Å². The fourth-order valence-corrected chi connectivity index (χ4v) is 3.36. The van der Waals surface area contributed by atoms with E-state index in [9.17, 15) is 4.79 Å². The first-order valence-corrected chi connectivity index (χ1v) is 8.17. The molecule has 1 aliphatic heterocycles. The number of nitrogens with zero attached hydrogens (tertiary/aromatic N) is 2. The van der Waals surface area contributed by atoms with Gasteiger partial charge in [0.05, 0.1) is 0 Å². The van der Waals surface area contributed by atoms with Crippen LogP contribution < -0.4 is 10.9 Å². The fraction of sp³-hybridized carbons (Fsp3) is 0.333. The van der Waals surface area contributed by atoms with Gasteiger partial charge in [-0.1, -0.05) is 30.3 Å². The van der Waals surface area contributed by atoms with Crippen molar-refractivity contribution in [2.75, 3.05) is 13.1 Å². The molecule has 5 heteroatoms. The molecule has 2 N–H and O–H groups in total. The Hall–Kier alpha value is -2.40. The summed E-state index contributed by atoms with van der Waals surface area (Å²) >= 11 is 0. The molecular weight excluding hydrogens is 288 g/mol. The number of aromatic amines is 1. The summed E-state index contributed by atoms with van der Waals surface area (Å²) in [5, 5.41) is 6.44. The summed E-state index contributed by atoms with van der Waals surface area (Å²) in [5.74, 6) is 0.567. The second kappa shape index (κ2) is 6.01. The molecule has 1 atom stereocenters. The number of H-pyrrole nitrogens is 1. The highest BCUT2D eigenvalue weighted by molar-refractivity contribution is 5.76. The van der Waals surface area contributed by atoms with Gasteiger partial charge >= 0.3 is 0 Å². The van der Waals surface area contributed by atoms with Gasteiger partial charge in [-0.3, -0.25) is 9.89 Å². The number of hydrogen-bond donors (Lipinski definition) is 2. The normalized spacial score (nSPS) is 18.3. The first-order chi connectivity index (χ1) is 11.3. The predicted octanol–water partition coefficient (Wildman–Crippen LogP) is 2.23. The molecule has 0 aliphatic carbocycles. The first-order valence-electron chi connectivity index (χ1n) is 8.17. The number of benzene rings is 1. The summed E-state index contributed by atoms with van der Waals surface area (Å²) in [7, 11) is 0. The number of rotatable bonds is 3. The molecule has 2 aromatic heterocycles. The summed E-state index contributed by atoms with van der Waals surface area (Å²) in [6.07, 6.45) is 5.11. The molecule has 0 saturated carbocycles. The van der Waals surface area contributed by atoms with Gasteiger partial charge in [0, 0.05) is 23.5 Å². The third kappa shape index (κ3) is 2.80. The van der Waals surface area contributed by atoms with Gasteiger partial charge in [-0.2, -0.15) is 0 Å². The summed E-state index contributed by atoms with van der Waals surface area (Å²) < 4.78 is 1.52. The molecule has 1 unspecified atom stereocenters. The average Bonchev–Trinajstić information content (AvgIpc) is 3.01. The lowest BCUT2D eigenvalue weighted by Gasteiger charge is -2.22. The van der Waals surface area contributed by atoms with Crippen LogP contribution in [0.25, 0.3) is 16.8 Å². The van der Waals surface area contributed by atoms with Crippen LogP contribution in [0.5, 0.6) is 0 Å². The van der Waals surface area contributed by atoms with Crippen molar-refractivity contribution in [2.45, 2.75) is 19.3 Å². The fourth-order valence-electron chi connectivity index (χ4n) is 3.36. The molecule has 0 radical (unpaired) electrons. The molecule has 3 heterocycles. The summed E-state index contributed by atoms with van der Waals surface area (Å²) in [6.45, 7) is 2.11. The Balaban J connectivity index is 1.74. The third-order valence-electron chi connectivity index (χ3n) is 4.53. The maximum atomic E-state index is 12.4. The lowest BCUT2D eigenvalue weighted by atomic mass is 9.94. The summed E-state index contributed by atoms with van der Waals surface area (Å²) in [5.41, 5.74) is 3.58. The van der Waals surface area contributed by atoms with Crippen molar-refractivity contribution in [1.82, 2.24) is 19.9 Å². The zero-order valence-electron chi connectivity index (χ0n) is 13.0. The van der Waals surface area contributed by atoms with E-state index < -0.39 is 0 Å². The second-order valence-corrected chi connectivity index (χ2v) is 6.21. The Morgan fingerprint density at radius 1 is 1.26 bits per heavy atom. The zero-order valence-corrected chi connectivity index (χ0v) is 13.0. The zero-order chi connectivity index (χ0) is 15.6. The Morgan fingerprint density at radius 2 is 2.13 bits per heavy atom. The van der Waals surface area contributed by atoms with Crippen LogP contribution in [-0.2, 0) is 6.42 Å². The van der Waals surface area contributed by atoms with Crippen LogP contribution in [0.3, 0.4) is 0 Å². The van der Waals surface area contributed by atoms with Crippen LogP contribution in [0.15, 0.2) is 47.4 Å². The molecule has 0 bridgehead atoms. The summed E-state index contributed by atoms with van der Waals surface area (Å²) in [6, 6.07) is 11.7.